The minimum atomic E-state index is -0.671. The van der Waals surface area contributed by atoms with E-state index in [2.05, 4.69) is 4.99 Å². The lowest BCUT2D eigenvalue weighted by atomic mass is 10.2. The van der Waals surface area contributed by atoms with Gasteiger partial charge in [-0.05, 0) is 18.2 Å². The molecule has 8 heteroatoms. The van der Waals surface area contributed by atoms with Gasteiger partial charge in [-0.3, -0.25) is 14.4 Å². The molecule has 0 spiro atoms. The molecule has 0 atom stereocenters. The molecule has 0 aliphatic rings. The van der Waals surface area contributed by atoms with Crippen molar-refractivity contribution in [1.29, 1.82) is 0 Å². The number of guanidine groups is 1. The molecule has 0 heterocycles. The Morgan fingerprint density at radius 1 is 1.15 bits per heavy atom. The molecule has 4 N–H and O–H groups in total. The van der Waals surface area contributed by atoms with Gasteiger partial charge in [0.05, 0.1) is 10.7 Å². The van der Waals surface area contributed by atoms with Crippen molar-refractivity contribution in [3.63, 3.8) is 0 Å². The van der Waals surface area contributed by atoms with E-state index in [-0.39, 0.29) is 22.2 Å². The van der Waals surface area contributed by atoms with Crippen molar-refractivity contribution in [3.8, 4) is 0 Å². The van der Waals surface area contributed by atoms with Gasteiger partial charge in [0.2, 0.25) is 11.8 Å². The van der Waals surface area contributed by atoms with Gasteiger partial charge in [0.25, 0.3) is 5.91 Å². The maximum atomic E-state index is 11.6. The Morgan fingerprint density at radius 3 is 2.10 bits per heavy atom. The number of nitrogens with zero attached hydrogens (tertiary/aromatic N) is 2. The maximum absolute atomic E-state index is 11.6. The number of rotatable bonds is 2. The molecule has 1 aromatic rings. The molecule has 0 saturated heterocycles. The van der Waals surface area contributed by atoms with Crippen LogP contribution in [0.1, 0.15) is 24.2 Å². The van der Waals surface area contributed by atoms with E-state index in [1.807, 2.05) is 0 Å². The molecular weight excluding hydrogens is 284 g/mol. The molecule has 0 aliphatic carbocycles. The van der Waals surface area contributed by atoms with Crippen LogP contribution in [-0.2, 0) is 9.59 Å². The third-order valence-electron chi connectivity index (χ3n) is 2.30. The second kappa shape index (κ2) is 6.16. The Labute approximate surface area is 120 Å². The summed E-state index contributed by atoms with van der Waals surface area (Å²) >= 11 is 5.98. The number of aliphatic imine (C=N–C) groups is 1. The third-order valence-corrected chi connectivity index (χ3v) is 2.60. The van der Waals surface area contributed by atoms with Crippen LogP contribution >= 0.6 is 11.6 Å². The van der Waals surface area contributed by atoms with Crippen LogP contribution < -0.4 is 16.4 Å². The van der Waals surface area contributed by atoms with E-state index in [1.54, 1.807) is 0 Å². The summed E-state index contributed by atoms with van der Waals surface area (Å²) in [5.41, 5.74) is 10.5. The second-order valence-electron chi connectivity index (χ2n) is 3.88. The number of carbonyl (C=O) groups is 3. The van der Waals surface area contributed by atoms with E-state index >= 15 is 0 Å². The first-order chi connectivity index (χ1) is 9.23. The molecule has 0 bridgehead atoms. The first-order valence-corrected chi connectivity index (χ1v) is 5.86. The zero-order valence-corrected chi connectivity index (χ0v) is 11.6. The molecule has 1 aromatic carbocycles. The summed E-state index contributed by atoms with van der Waals surface area (Å²) < 4.78 is 0. The summed E-state index contributed by atoms with van der Waals surface area (Å²) in [6.45, 7) is 2.46. The number of anilines is 1. The largest absolute Gasteiger partial charge is 0.370 e. The van der Waals surface area contributed by atoms with Crippen LogP contribution in [0.2, 0.25) is 5.02 Å². The average molecular weight is 297 g/mol. The van der Waals surface area contributed by atoms with Crippen molar-refractivity contribution in [2.24, 2.45) is 16.5 Å². The lowest BCUT2D eigenvalue weighted by Gasteiger charge is -2.18. The standard InChI is InChI=1S/C12H13ClN4O3/c1-6(18)17(7(2)19)10-4-3-8(5-9(10)13)11(20)16-12(14)15/h3-5H,1-2H3,(H4,14,15,16,20). The number of carbonyl (C=O) groups excluding carboxylic acids is 3. The average Bonchev–Trinajstić information content (AvgIpc) is 2.29. The number of hydrogen-bond donors (Lipinski definition) is 2. The van der Waals surface area contributed by atoms with Gasteiger partial charge in [0, 0.05) is 19.4 Å². The first-order valence-electron chi connectivity index (χ1n) is 5.48. The van der Waals surface area contributed by atoms with Crippen molar-refractivity contribution < 1.29 is 14.4 Å². The van der Waals surface area contributed by atoms with E-state index in [4.69, 9.17) is 23.1 Å². The maximum Gasteiger partial charge on any atom is 0.280 e. The number of amides is 3. The van der Waals surface area contributed by atoms with Crippen LogP contribution in [0.5, 0.6) is 0 Å². The van der Waals surface area contributed by atoms with E-state index < -0.39 is 17.7 Å². The van der Waals surface area contributed by atoms with Crippen LogP contribution in [0.25, 0.3) is 0 Å². The molecule has 0 aliphatic heterocycles. The number of hydrogen-bond acceptors (Lipinski definition) is 3. The summed E-state index contributed by atoms with van der Waals surface area (Å²) in [5, 5.41) is 0.0621. The van der Waals surface area contributed by atoms with Crippen LogP contribution in [-0.4, -0.2) is 23.7 Å². The van der Waals surface area contributed by atoms with Crippen molar-refractivity contribution in [1.82, 2.24) is 0 Å². The monoisotopic (exact) mass is 296 g/mol. The summed E-state index contributed by atoms with van der Waals surface area (Å²) in [5.74, 6) is -2.01. The lowest BCUT2D eigenvalue weighted by Crippen LogP contribution is -2.33. The van der Waals surface area contributed by atoms with Crippen LogP contribution in [0, 0.1) is 0 Å². The minimum Gasteiger partial charge on any atom is -0.370 e. The summed E-state index contributed by atoms with van der Waals surface area (Å²) in [6.07, 6.45) is 0. The van der Waals surface area contributed by atoms with E-state index in [0.717, 1.165) is 4.90 Å². The van der Waals surface area contributed by atoms with Gasteiger partial charge in [-0.2, -0.15) is 4.99 Å². The van der Waals surface area contributed by atoms with Gasteiger partial charge in [0.15, 0.2) is 5.96 Å². The Bertz CT molecular complexity index is 595. The molecule has 0 unspecified atom stereocenters. The highest BCUT2D eigenvalue weighted by atomic mass is 35.5. The first kappa shape index (κ1) is 15.6. The summed E-state index contributed by atoms with van der Waals surface area (Å²) in [4.78, 5) is 38.7. The van der Waals surface area contributed by atoms with Gasteiger partial charge in [-0.1, -0.05) is 11.6 Å². The lowest BCUT2D eigenvalue weighted by molar-refractivity contribution is -0.124. The highest BCUT2D eigenvalue weighted by Gasteiger charge is 2.20. The molecule has 0 saturated carbocycles. The molecule has 0 radical (unpaired) electrons. The Kier molecular flexibility index (Phi) is 4.82. The van der Waals surface area contributed by atoms with Crippen molar-refractivity contribution in [3.05, 3.63) is 28.8 Å². The number of imide groups is 1. The van der Waals surface area contributed by atoms with Crippen molar-refractivity contribution in [2.75, 3.05) is 4.90 Å². The highest BCUT2D eigenvalue weighted by molar-refractivity contribution is 6.35. The minimum absolute atomic E-state index is 0.0621. The van der Waals surface area contributed by atoms with Crippen LogP contribution in [0.4, 0.5) is 5.69 Å². The van der Waals surface area contributed by atoms with Gasteiger partial charge in [-0.25, -0.2) is 4.90 Å². The Balaban J connectivity index is 3.23. The fourth-order valence-corrected chi connectivity index (χ4v) is 1.83. The highest BCUT2D eigenvalue weighted by Crippen LogP contribution is 2.27. The zero-order valence-electron chi connectivity index (χ0n) is 10.9. The zero-order chi connectivity index (χ0) is 15.4. The Morgan fingerprint density at radius 2 is 1.70 bits per heavy atom. The van der Waals surface area contributed by atoms with Crippen molar-refractivity contribution >= 4 is 41.0 Å². The molecule has 3 amide bonds. The molecule has 7 nitrogen and oxygen atoms in total. The second-order valence-corrected chi connectivity index (χ2v) is 4.29. The quantitative estimate of drug-likeness (QED) is 0.613. The smallest absolute Gasteiger partial charge is 0.280 e. The number of benzene rings is 1. The third kappa shape index (κ3) is 3.55. The predicted octanol–water partition coefficient (Wildman–Crippen LogP) is 0.653. The normalized spacial score (nSPS) is 9.75. The fourth-order valence-electron chi connectivity index (χ4n) is 1.56. The van der Waals surface area contributed by atoms with Crippen molar-refractivity contribution in [2.45, 2.75) is 13.8 Å². The van der Waals surface area contributed by atoms with Crippen LogP contribution in [0.15, 0.2) is 23.2 Å². The summed E-state index contributed by atoms with van der Waals surface area (Å²) in [7, 11) is 0. The molecule has 1 rings (SSSR count). The SMILES string of the molecule is CC(=O)N(C(C)=O)c1ccc(C(=O)N=C(N)N)cc1Cl. The molecule has 106 valence electrons. The molecule has 0 aromatic heterocycles. The molecule has 20 heavy (non-hydrogen) atoms. The van der Waals surface area contributed by atoms with E-state index in [1.165, 1.54) is 32.0 Å². The number of halogens is 1. The molecular formula is C12H13ClN4O3. The number of nitrogens with two attached hydrogens (primary N) is 2. The molecule has 0 fully saturated rings. The topological polar surface area (TPSA) is 119 Å². The predicted molar refractivity (Wildman–Crippen MR) is 75.4 cm³/mol. The van der Waals surface area contributed by atoms with Gasteiger partial charge in [0.1, 0.15) is 0 Å². The fraction of sp³-hybridized carbons (Fsp3) is 0.167. The van der Waals surface area contributed by atoms with Crippen LogP contribution in [0.3, 0.4) is 0 Å². The van der Waals surface area contributed by atoms with Gasteiger partial charge in [-0.15, -0.1) is 0 Å². The van der Waals surface area contributed by atoms with E-state index in [9.17, 15) is 14.4 Å². The van der Waals surface area contributed by atoms with Gasteiger partial charge >= 0.3 is 0 Å². The Hall–Kier alpha value is -2.41. The van der Waals surface area contributed by atoms with E-state index in [0.29, 0.717) is 0 Å². The van der Waals surface area contributed by atoms with Gasteiger partial charge < -0.3 is 11.5 Å². The summed E-state index contributed by atoms with van der Waals surface area (Å²) in [6, 6.07) is 4.03.